The monoisotopic (exact) mass is 399 g/mol. The average Bonchev–Trinajstić information content (AvgIpc) is 2.46. The molecule has 1 aromatic carbocycles. The number of carbonyl (C=O) groups is 2. The van der Waals surface area contributed by atoms with Gasteiger partial charge in [0.05, 0.1) is 15.7 Å². The van der Waals surface area contributed by atoms with Gasteiger partial charge in [-0.2, -0.15) is 0 Å². The number of alkyl halides is 2. The molecule has 1 heterocycles. The summed E-state index contributed by atoms with van der Waals surface area (Å²) in [6, 6.07) is 4.80. The quantitative estimate of drug-likeness (QED) is 0.534. The van der Waals surface area contributed by atoms with Crippen LogP contribution in [0, 0.1) is 0 Å². The Bertz CT molecular complexity index is 469. The number of hydrogen-bond donors (Lipinski definition) is 0. The van der Waals surface area contributed by atoms with Crippen molar-refractivity contribution in [2.75, 3.05) is 4.90 Å². The van der Waals surface area contributed by atoms with Gasteiger partial charge in [-0.05, 0) is 12.1 Å². The molecule has 3 nitrogen and oxygen atoms in total. The highest BCUT2D eigenvalue weighted by Crippen LogP contribution is 2.39. The number of para-hydroxylation sites is 1. The van der Waals surface area contributed by atoms with Crippen molar-refractivity contribution in [3.05, 3.63) is 28.2 Å². The van der Waals surface area contributed by atoms with Crippen LogP contribution in [0.15, 0.2) is 18.2 Å². The molecule has 17 heavy (non-hydrogen) atoms. The minimum atomic E-state index is -0.609. The van der Waals surface area contributed by atoms with E-state index < -0.39 is 9.65 Å². The summed E-state index contributed by atoms with van der Waals surface area (Å²) < 4.78 is 0. The Hall–Kier alpha value is -0.100. The van der Waals surface area contributed by atoms with Crippen molar-refractivity contribution >= 4 is 72.6 Å². The molecule has 1 fully saturated rings. The molecule has 0 spiro atoms. The molecule has 1 aliphatic heterocycles. The predicted molar refractivity (Wildman–Crippen MR) is 74.4 cm³/mol. The minimum absolute atomic E-state index is 0.234. The standard InChI is InChI=1S/C10H5Br2Cl2NO2/c11-6-7(12)10(17)15(9(6)16)8-4(13)2-1-3-5(8)14/h1-3,6-7H. The molecule has 2 unspecified atom stereocenters. The van der Waals surface area contributed by atoms with Crippen LogP contribution < -0.4 is 4.90 Å². The smallest absolute Gasteiger partial charge is 0.249 e. The van der Waals surface area contributed by atoms with Gasteiger partial charge in [-0.25, -0.2) is 4.90 Å². The van der Waals surface area contributed by atoms with Crippen LogP contribution >= 0.6 is 55.1 Å². The predicted octanol–water partition coefficient (Wildman–Crippen LogP) is 3.39. The molecule has 2 rings (SSSR count). The Morgan fingerprint density at radius 1 is 1.00 bits per heavy atom. The van der Waals surface area contributed by atoms with Crippen molar-refractivity contribution in [1.29, 1.82) is 0 Å². The van der Waals surface area contributed by atoms with E-state index in [-0.39, 0.29) is 27.5 Å². The number of hydrogen-bond acceptors (Lipinski definition) is 2. The topological polar surface area (TPSA) is 37.4 Å². The second-order valence-electron chi connectivity index (χ2n) is 3.39. The Morgan fingerprint density at radius 3 is 1.82 bits per heavy atom. The van der Waals surface area contributed by atoms with Gasteiger partial charge in [0.15, 0.2) is 0 Å². The maximum absolute atomic E-state index is 11.9. The molecule has 2 atom stereocenters. The first kappa shape index (κ1) is 13.3. The van der Waals surface area contributed by atoms with Gasteiger partial charge in [-0.3, -0.25) is 9.59 Å². The molecule has 0 aliphatic carbocycles. The van der Waals surface area contributed by atoms with Crippen molar-refractivity contribution in [3.63, 3.8) is 0 Å². The second kappa shape index (κ2) is 4.88. The van der Waals surface area contributed by atoms with Gasteiger partial charge in [-0.15, -0.1) is 0 Å². The summed E-state index contributed by atoms with van der Waals surface area (Å²) in [6.45, 7) is 0. The van der Waals surface area contributed by atoms with E-state index >= 15 is 0 Å². The van der Waals surface area contributed by atoms with Gasteiger partial charge >= 0.3 is 0 Å². The van der Waals surface area contributed by atoms with E-state index in [9.17, 15) is 9.59 Å². The number of nitrogens with zero attached hydrogens (tertiary/aromatic N) is 1. The van der Waals surface area contributed by atoms with Crippen LogP contribution in [0.2, 0.25) is 10.0 Å². The Kier molecular flexibility index (Phi) is 3.83. The maximum Gasteiger partial charge on any atom is 0.249 e. The van der Waals surface area contributed by atoms with Crippen LogP contribution in [0.5, 0.6) is 0 Å². The molecule has 2 amide bonds. The van der Waals surface area contributed by atoms with Crippen molar-refractivity contribution in [2.45, 2.75) is 9.65 Å². The summed E-state index contributed by atoms with van der Waals surface area (Å²) >= 11 is 18.3. The fourth-order valence-corrected chi connectivity index (χ4v) is 2.96. The normalized spacial score (nSPS) is 24.6. The molecule has 1 aliphatic rings. The van der Waals surface area contributed by atoms with Crippen LogP contribution in [0.3, 0.4) is 0 Å². The molecule has 0 aromatic heterocycles. The Labute approximate surface area is 124 Å². The lowest BCUT2D eigenvalue weighted by molar-refractivity contribution is -0.121. The first-order valence-corrected chi connectivity index (χ1v) is 7.14. The summed E-state index contributed by atoms with van der Waals surface area (Å²) in [7, 11) is 0. The summed E-state index contributed by atoms with van der Waals surface area (Å²) in [4.78, 5) is 23.7. The summed E-state index contributed by atoms with van der Waals surface area (Å²) in [5, 5.41) is 0.529. The number of anilines is 1. The number of carbonyl (C=O) groups excluding carboxylic acids is 2. The molecular formula is C10H5Br2Cl2NO2. The van der Waals surface area contributed by atoms with Crippen LogP contribution in [-0.4, -0.2) is 21.5 Å². The van der Waals surface area contributed by atoms with E-state index in [2.05, 4.69) is 31.9 Å². The second-order valence-corrected chi connectivity index (χ2v) is 6.17. The molecule has 1 aromatic rings. The number of benzene rings is 1. The van der Waals surface area contributed by atoms with Crippen LogP contribution in [0.25, 0.3) is 0 Å². The lowest BCUT2D eigenvalue weighted by atomic mass is 10.3. The molecule has 0 saturated carbocycles. The van der Waals surface area contributed by atoms with E-state index in [0.717, 1.165) is 4.90 Å². The fourth-order valence-electron chi connectivity index (χ4n) is 1.53. The third-order valence-electron chi connectivity index (χ3n) is 2.33. The van der Waals surface area contributed by atoms with Crippen LogP contribution in [0.4, 0.5) is 5.69 Å². The van der Waals surface area contributed by atoms with E-state index in [4.69, 9.17) is 23.2 Å². The lowest BCUT2D eigenvalue weighted by Gasteiger charge is -2.17. The van der Waals surface area contributed by atoms with Gasteiger partial charge in [0, 0.05) is 0 Å². The van der Waals surface area contributed by atoms with Gasteiger partial charge in [-0.1, -0.05) is 61.1 Å². The number of rotatable bonds is 1. The number of halogens is 4. The van der Waals surface area contributed by atoms with E-state index in [0.29, 0.717) is 0 Å². The molecule has 7 heteroatoms. The Balaban J connectivity index is 2.55. The number of amides is 2. The highest BCUT2D eigenvalue weighted by atomic mass is 79.9. The van der Waals surface area contributed by atoms with Gasteiger partial charge < -0.3 is 0 Å². The maximum atomic E-state index is 11.9. The zero-order chi connectivity index (χ0) is 12.7. The highest BCUT2D eigenvalue weighted by Gasteiger charge is 2.46. The van der Waals surface area contributed by atoms with E-state index in [1.165, 1.54) is 0 Å². The molecule has 0 bridgehead atoms. The SMILES string of the molecule is O=C1C(Br)C(Br)C(=O)N1c1c(Cl)cccc1Cl. The highest BCUT2D eigenvalue weighted by molar-refractivity contribution is 9.12. The largest absolute Gasteiger partial charge is 0.273 e. The van der Waals surface area contributed by atoms with Gasteiger partial charge in [0.25, 0.3) is 0 Å². The van der Waals surface area contributed by atoms with Crippen molar-refractivity contribution in [2.24, 2.45) is 0 Å². The van der Waals surface area contributed by atoms with E-state index in [1.54, 1.807) is 18.2 Å². The van der Waals surface area contributed by atoms with Gasteiger partial charge in [0.2, 0.25) is 11.8 Å². The zero-order valence-electron chi connectivity index (χ0n) is 8.16. The fraction of sp³-hybridized carbons (Fsp3) is 0.200. The molecule has 1 saturated heterocycles. The minimum Gasteiger partial charge on any atom is -0.273 e. The third kappa shape index (κ3) is 2.14. The van der Waals surface area contributed by atoms with Crippen molar-refractivity contribution in [1.82, 2.24) is 0 Å². The Morgan fingerprint density at radius 2 is 1.41 bits per heavy atom. The summed E-state index contributed by atoms with van der Waals surface area (Å²) in [6.07, 6.45) is 0. The van der Waals surface area contributed by atoms with Crippen molar-refractivity contribution in [3.8, 4) is 0 Å². The van der Waals surface area contributed by atoms with Crippen molar-refractivity contribution < 1.29 is 9.59 Å². The zero-order valence-corrected chi connectivity index (χ0v) is 12.8. The van der Waals surface area contributed by atoms with E-state index in [1.807, 2.05) is 0 Å². The first-order valence-electron chi connectivity index (χ1n) is 4.55. The summed E-state index contributed by atoms with van der Waals surface area (Å²) in [5.74, 6) is -0.765. The number of imide groups is 1. The summed E-state index contributed by atoms with van der Waals surface area (Å²) in [5.41, 5.74) is 0.234. The van der Waals surface area contributed by atoms with Crippen LogP contribution in [0.1, 0.15) is 0 Å². The molecule has 0 N–H and O–H groups in total. The molecule has 90 valence electrons. The molecular weight excluding hydrogens is 397 g/mol. The van der Waals surface area contributed by atoms with Crippen LogP contribution in [-0.2, 0) is 9.59 Å². The van der Waals surface area contributed by atoms with Gasteiger partial charge in [0.1, 0.15) is 9.65 Å². The average molecular weight is 402 g/mol. The molecule has 0 radical (unpaired) electrons. The first-order chi connectivity index (χ1) is 7.95. The third-order valence-corrected chi connectivity index (χ3v) is 5.49. The lowest BCUT2D eigenvalue weighted by Crippen LogP contribution is -2.31.